The monoisotopic (exact) mass is 446 g/mol. The van der Waals surface area contributed by atoms with Crippen molar-refractivity contribution in [1.29, 1.82) is 0 Å². The minimum Gasteiger partial charge on any atom is -0.455 e. The van der Waals surface area contributed by atoms with E-state index in [1.165, 1.54) is 0 Å². The number of rotatable bonds is 8. The van der Waals surface area contributed by atoms with Crippen molar-refractivity contribution in [2.45, 2.75) is 39.7 Å². The van der Waals surface area contributed by atoms with Gasteiger partial charge in [0.1, 0.15) is 11.4 Å². The molecule has 0 bridgehead atoms. The lowest BCUT2D eigenvalue weighted by Crippen LogP contribution is -2.33. The SMILES string of the molecule is CC(=O)c1ccc(Nc2ccccc2Oc2ccc(CCNC(=O)OC(C)(C)C)cc2)cc1. The second-order valence-electron chi connectivity index (χ2n) is 8.68. The Labute approximate surface area is 194 Å². The highest BCUT2D eigenvalue weighted by atomic mass is 16.6. The van der Waals surface area contributed by atoms with Crippen molar-refractivity contribution in [2.24, 2.45) is 0 Å². The van der Waals surface area contributed by atoms with Crippen molar-refractivity contribution < 1.29 is 19.1 Å². The number of benzene rings is 3. The normalized spacial score (nSPS) is 10.9. The van der Waals surface area contributed by atoms with Gasteiger partial charge in [-0.1, -0.05) is 24.3 Å². The lowest BCUT2D eigenvalue weighted by atomic mass is 10.1. The fraction of sp³-hybridized carbons (Fsp3) is 0.259. The van der Waals surface area contributed by atoms with Crippen LogP contribution in [0.5, 0.6) is 11.5 Å². The highest BCUT2D eigenvalue weighted by Gasteiger charge is 2.15. The number of ether oxygens (including phenoxy) is 2. The molecule has 0 spiro atoms. The molecular weight excluding hydrogens is 416 g/mol. The molecule has 0 fully saturated rings. The number of carbonyl (C=O) groups excluding carboxylic acids is 2. The third kappa shape index (κ3) is 7.68. The second kappa shape index (κ2) is 10.7. The number of hydrogen-bond donors (Lipinski definition) is 2. The van der Waals surface area contributed by atoms with Gasteiger partial charge >= 0.3 is 6.09 Å². The number of nitrogens with one attached hydrogen (secondary N) is 2. The van der Waals surface area contributed by atoms with Crippen LogP contribution in [-0.2, 0) is 11.2 Å². The summed E-state index contributed by atoms with van der Waals surface area (Å²) in [5, 5.41) is 6.10. The summed E-state index contributed by atoms with van der Waals surface area (Å²) in [5.74, 6) is 1.43. The van der Waals surface area contributed by atoms with Crippen LogP contribution in [0.4, 0.5) is 16.2 Å². The summed E-state index contributed by atoms with van der Waals surface area (Å²) < 4.78 is 11.3. The Morgan fingerprint density at radius 2 is 1.55 bits per heavy atom. The van der Waals surface area contributed by atoms with E-state index in [2.05, 4.69) is 10.6 Å². The van der Waals surface area contributed by atoms with E-state index in [1.54, 1.807) is 19.1 Å². The molecule has 1 amide bonds. The second-order valence-corrected chi connectivity index (χ2v) is 8.68. The fourth-order valence-electron chi connectivity index (χ4n) is 3.08. The molecule has 2 N–H and O–H groups in total. The van der Waals surface area contributed by atoms with Crippen LogP contribution in [0.1, 0.15) is 43.6 Å². The molecule has 6 nitrogen and oxygen atoms in total. The standard InChI is InChI=1S/C27H30N2O4/c1-19(30)21-11-13-22(14-12-21)29-24-7-5-6-8-25(24)32-23-15-9-20(10-16-23)17-18-28-26(31)33-27(2,3)4/h5-16,29H,17-18H2,1-4H3,(H,28,31). The summed E-state index contributed by atoms with van der Waals surface area (Å²) in [6.07, 6.45) is 0.274. The Balaban J connectivity index is 1.58. The largest absolute Gasteiger partial charge is 0.455 e. The predicted octanol–water partition coefficient (Wildman–Crippen LogP) is 6.49. The highest BCUT2D eigenvalue weighted by molar-refractivity contribution is 5.94. The maximum absolute atomic E-state index is 11.7. The molecule has 0 unspecified atom stereocenters. The van der Waals surface area contributed by atoms with Gasteiger partial charge in [0.2, 0.25) is 0 Å². The molecule has 0 radical (unpaired) electrons. The van der Waals surface area contributed by atoms with Gasteiger partial charge in [-0.25, -0.2) is 4.79 Å². The summed E-state index contributed by atoms with van der Waals surface area (Å²) in [7, 11) is 0. The van der Waals surface area contributed by atoms with Gasteiger partial charge in [0.05, 0.1) is 5.69 Å². The van der Waals surface area contributed by atoms with E-state index in [0.29, 0.717) is 30.0 Å². The molecule has 0 aliphatic heterocycles. The van der Waals surface area contributed by atoms with Crippen LogP contribution < -0.4 is 15.4 Å². The molecule has 6 heteroatoms. The number of ketones is 1. The third-order valence-corrected chi connectivity index (χ3v) is 4.69. The van der Waals surface area contributed by atoms with E-state index in [0.717, 1.165) is 16.9 Å². The average molecular weight is 447 g/mol. The Morgan fingerprint density at radius 1 is 0.879 bits per heavy atom. The van der Waals surface area contributed by atoms with Gasteiger partial charge < -0.3 is 20.1 Å². The summed E-state index contributed by atoms with van der Waals surface area (Å²) in [6, 6.07) is 22.8. The van der Waals surface area contributed by atoms with Gasteiger partial charge in [-0.2, -0.15) is 0 Å². The van der Waals surface area contributed by atoms with Crippen LogP contribution in [0, 0.1) is 0 Å². The molecular formula is C27H30N2O4. The molecule has 0 aliphatic rings. The fourth-order valence-corrected chi connectivity index (χ4v) is 3.08. The molecule has 0 aliphatic carbocycles. The number of carbonyl (C=O) groups is 2. The first kappa shape index (κ1) is 23.9. The van der Waals surface area contributed by atoms with Crippen LogP contribution in [0.25, 0.3) is 0 Å². The zero-order valence-corrected chi connectivity index (χ0v) is 19.5. The van der Waals surface area contributed by atoms with Crippen molar-refractivity contribution in [3.05, 3.63) is 83.9 Å². The molecule has 3 aromatic carbocycles. The van der Waals surface area contributed by atoms with E-state index < -0.39 is 11.7 Å². The van der Waals surface area contributed by atoms with Gasteiger partial charge in [0.25, 0.3) is 0 Å². The van der Waals surface area contributed by atoms with Crippen molar-refractivity contribution in [3.63, 3.8) is 0 Å². The lowest BCUT2D eigenvalue weighted by molar-refractivity contribution is 0.0528. The quantitative estimate of drug-likeness (QED) is 0.387. The van der Waals surface area contributed by atoms with E-state index in [1.807, 2.05) is 81.4 Å². The van der Waals surface area contributed by atoms with Crippen LogP contribution in [0.3, 0.4) is 0 Å². The van der Waals surface area contributed by atoms with E-state index in [-0.39, 0.29) is 5.78 Å². The summed E-state index contributed by atoms with van der Waals surface area (Å²) >= 11 is 0. The molecule has 33 heavy (non-hydrogen) atoms. The Bertz CT molecular complexity index is 1080. The van der Waals surface area contributed by atoms with E-state index in [4.69, 9.17) is 9.47 Å². The lowest BCUT2D eigenvalue weighted by Gasteiger charge is -2.19. The first-order valence-electron chi connectivity index (χ1n) is 10.9. The number of Topliss-reactive ketones (excluding diaryl/α,β-unsaturated/α-hetero) is 1. The Morgan fingerprint density at radius 3 is 2.18 bits per heavy atom. The number of alkyl carbamates (subject to hydrolysis) is 1. The number of anilines is 2. The zero-order valence-electron chi connectivity index (χ0n) is 19.5. The van der Waals surface area contributed by atoms with Gasteiger partial charge in [-0.3, -0.25) is 4.79 Å². The molecule has 3 rings (SSSR count). The minimum atomic E-state index is -0.508. The van der Waals surface area contributed by atoms with Gasteiger partial charge in [0.15, 0.2) is 11.5 Å². The van der Waals surface area contributed by atoms with Crippen LogP contribution >= 0.6 is 0 Å². The van der Waals surface area contributed by atoms with Crippen molar-refractivity contribution in [3.8, 4) is 11.5 Å². The number of para-hydroxylation sites is 2. The third-order valence-electron chi connectivity index (χ3n) is 4.69. The van der Waals surface area contributed by atoms with Crippen molar-refractivity contribution in [2.75, 3.05) is 11.9 Å². The summed E-state index contributed by atoms with van der Waals surface area (Å²) in [5.41, 5.74) is 2.93. The summed E-state index contributed by atoms with van der Waals surface area (Å²) in [6.45, 7) is 7.55. The molecule has 0 saturated carbocycles. The van der Waals surface area contributed by atoms with Crippen LogP contribution in [0.2, 0.25) is 0 Å². The molecule has 3 aromatic rings. The number of hydrogen-bond acceptors (Lipinski definition) is 5. The van der Waals surface area contributed by atoms with Crippen molar-refractivity contribution >= 4 is 23.3 Å². The van der Waals surface area contributed by atoms with Gasteiger partial charge in [0, 0.05) is 17.8 Å². The zero-order chi connectivity index (χ0) is 23.8. The molecule has 0 atom stereocenters. The first-order valence-corrected chi connectivity index (χ1v) is 10.9. The minimum absolute atomic E-state index is 0.0364. The first-order chi connectivity index (χ1) is 15.7. The van der Waals surface area contributed by atoms with Crippen LogP contribution in [0.15, 0.2) is 72.8 Å². The van der Waals surface area contributed by atoms with Crippen molar-refractivity contribution in [1.82, 2.24) is 5.32 Å². The predicted molar refractivity (Wildman–Crippen MR) is 131 cm³/mol. The van der Waals surface area contributed by atoms with E-state index >= 15 is 0 Å². The Hall–Kier alpha value is -3.80. The smallest absolute Gasteiger partial charge is 0.407 e. The Kier molecular flexibility index (Phi) is 7.72. The van der Waals surface area contributed by atoms with Gasteiger partial charge in [-0.05, 0) is 88.2 Å². The topological polar surface area (TPSA) is 76.7 Å². The number of amides is 1. The van der Waals surface area contributed by atoms with Crippen LogP contribution in [-0.4, -0.2) is 24.0 Å². The molecule has 172 valence electrons. The molecule has 0 aromatic heterocycles. The maximum atomic E-state index is 11.7. The molecule has 0 saturated heterocycles. The summed E-state index contributed by atoms with van der Waals surface area (Å²) in [4.78, 5) is 23.2. The highest BCUT2D eigenvalue weighted by Crippen LogP contribution is 2.31. The van der Waals surface area contributed by atoms with Gasteiger partial charge in [-0.15, -0.1) is 0 Å². The maximum Gasteiger partial charge on any atom is 0.407 e. The molecule has 0 heterocycles. The average Bonchev–Trinajstić information content (AvgIpc) is 2.75. The van der Waals surface area contributed by atoms with E-state index in [9.17, 15) is 9.59 Å².